The molecule has 1 fully saturated rings. The van der Waals surface area contributed by atoms with Gasteiger partial charge >= 0.3 is 0 Å². The number of unbranched alkanes of at least 4 members (excludes halogenated alkanes) is 1. The van der Waals surface area contributed by atoms with Gasteiger partial charge in [0, 0.05) is 19.0 Å². The van der Waals surface area contributed by atoms with E-state index >= 15 is 0 Å². The first-order valence-electron chi connectivity index (χ1n) is 7.31. The van der Waals surface area contributed by atoms with E-state index in [-0.39, 0.29) is 0 Å². The van der Waals surface area contributed by atoms with Gasteiger partial charge in [-0.2, -0.15) is 0 Å². The van der Waals surface area contributed by atoms with Crippen LogP contribution in [0.3, 0.4) is 0 Å². The van der Waals surface area contributed by atoms with Crippen LogP contribution in [0.2, 0.25) is 0 Å². The second-order valence-corrected chi connectivity index (χ2v) is 5.30. The lowest BCUT2D eigenvalue weighted by Gasteiger charge is -2.32. The van der Waals surface area contributed by atoms with Gasteiger partial charge < -0.3 is 5.32 Å². The Kier molecular flexibility index (Phi) is 5.94. The highest BCUT2D eigenvalue weighted by molar-refractivity contribution is 5.14. The van der Waals surface area contributed by atoms with Gasteiger partial charge in [0.15, 0.2) is 0 Å². The lowest BCUT2D eigenvalue weighted by atomic mass is 10.0. The Hall–Kier alpha value is -1.30. The molecule has 0 amide bonds. The van der Waals surface area contributed by atoms with Crippen molar-refractivity contribution >= 4 is 0 Å². The highest BCUT2D eigenvalue weighted by Crippen LogP contribution is 2.13. The molecule has 1 saturated heterocycles. The van der Waals surface area contributed by atoms with Crippen LogP contribution in [-0.2, 0) is 6.54 Å². The maximum atomic E-state index is 5.25. The number of hydrogen-bond acceptors (Lipinski definition) is 2. The Morgan fingerprint density at radius 3 is 2.63 bits per heavy atom. The molecule has 1 aliphatic heterocycles. The second-order valence-electron chi connectivity index (χ2n) is 5.30. The van der Waals surface area contributed by atoms with Crippen molar-refractivity contribution in [3.05, 3.63) is 35.9 Å². The third kappa shape index (κ3) is 5.06. The Labute approximate surface area is 117 Å². The molecule has 0 unspecified atom stereocenters. The van der Waals surface area contributed by atoms with Crippen LogP contribution in [-0.4, -0.2) is 30.6 Å². The Morgan fingerprint density at radius 1 is 1.21 bits per heavy atom. The van der Waals surface area contributed by atoms with Crippen LogP contribution in [0.1, 0.15) is 31.2 Å². The smallest absolute Gasteiger partial charge is 0.0233 e. The molecule has 0 radical (unpaired) electrons. The lowest BCUT2D eigenvalue weighted by molar-refractivity contribution is 0.191. The molecule has 2 rings (SSSR count). The average molecular weight is 256 g/mol. The van der Waals surface area contributed by atoms with Crippen LogP contribution in [0.15, 0.2) is 30.3 Å². The number of nitrogens with one attached hydrogen (secondary N) is 1. The van der Waals surface area contributed by atoms with Crippen molar-refractivity contribution in [3.63, 3.8) is 0 Å². The molecule has 2 nitrogen and oxygen atoms in total. The van der Waals surface area contributed by atoms with E-state index in [1.54, 1.807) is 0 Å². The molecule has 0 saturated carbocycles. The SMILES string of the molecule is C#CCCCNC1CCN(Cc2ccccc2)CC1. The minimum Gasteiger partial charge on any atom is -0.314 e. The third-order valence-electron chi connectivity index (χ3n) is 3.77. The topological polar surface area (TPSA) is 15.3 Å². The molecule has 1 aromatic rings. The van der Waals surface area contributed by atoms with Gasteiger partial charge in [-0.05, 0) is 44.5 Å². The first kappa shape index (κ1) is 14.1. The molecular formula is C17H24N2. The van der Waals surface area contributed by atoms with E-state index in [1.807, 2.05) is 0 Å². The lowest BCUT2D eigenvalue weighted by Crippen LogP contribution is -2.42. The van der Waals surface area contributed by atoms with Gasteiger partial charge in [-0.25, -0.2) is 0 Å². The van der Waals surface area contributed by atoms with Crippen LogP contribution in [0.5, 0.6) is 0 Å². The number of piperidine rings is 1. The second kappa shape index (κ2) is 7.99. The summed E-state index contributed by atoms with van der Waals surface area (Å²) in [5.41, 5.74) is 1.42. The van der Waals surface area contributed by atoms with Gasteiger partial charge in [0.1, 0.15) is 0 Å². The van der Waals surface area contributed by atoms with Gasteiger partial charge in [0.25, 0.3) is 0 Å². The van der Waals surface area contributed by atoms with Crippen molar-refractivity contribution in [2.75, 3.05) is 19.6 Å². The normalized spacial score (nSPS) is 17.2. The van der Waals surface area contributed by atoms with Crippen LogP contribution < -0.4 is 5.32 Å². The fraction of sp³-hybridized carbons (Fsp3) is 0.529. The van der Waals surface area contributed by atoms with Crippen molar-refractivity contribution in [1.82, 2.24) is 10.2 Å². The predicted octanol–water partition coefficient (Wildman–Crippen LogP) is 2.65. The van der Waals surface area contributed by atoms with Gasteiger partial charge in [0.2, 0.25) is 0 Å². The van der Waals surface area contributed by atoms with Crippen LogP contribution >= 0.6 is 0 Å². The van der Waals surface area contributed by atoms with E-state index in [0.29, 0.717) is 6.04 Å². The summed E-state index contributed by atoms with van der Waals surface area (Å²) >= 11 is 0. The minimum absolute atomic E-state index is 0.685. The zero-order valence-corrected chi connectivity index (χ0v) is 11.6. The van der Waals surface area contributed by atoms with Gasteiger partial charge in [-0.1, -0.05) is 30.3 Å². The number of hydrogen-bond donors (Lipinski definition) is 1. The number of benzene rings is 1. The highest BCUT2D eigenvalue weighted by atomic mass is 15.1. The Balaban J connectivity index is 1.64. The standard InChI is InChI=1S/C17H24N2/c1-2-3-7-12-18-17-10-13-19(14-11-17)15-16-8-5-4-6-9-16/h1,4-6,8-9,17-18H,3,7,10-15H2. The molecule has 0 aliphatic carbocycles. The van der Waals surface area contributed by atoms with Crippen molar-refractivity contribution in [2.24, 2.45) is 0 Å². The molecule has 19 heavy (non-hydrogen) atoms. The Morgan fingerprint density at radius 2 is 1.95 bits per heavy atom. The fourth-order valence-electron chi connectivity index (χ4n) is 2.63. The molecule has 1 heterocycles. The van der Waals surface area contributed by atoms with Crippen LogP contribution in [0.25, 0.3) is 0 Å². The van der Waals surface area contributed by atoms with E-state index in [9.17, 15) is 0 Å². The predicted molar refractivity (Wildman–Crippen MR) is 80.8 cm³/mol. The number of nitrogens with zero attached hydrogens (tertiary/aromatic N) is 1. The summed E-state index contributed by atoms with van der Waals surface area (Å²) < 4.78 is 0. The van der Waals surface area contributed by atoms with E-state index in [4.69, 9.17) is 6.42 Å². The zero-order valence-electron chi connectivity index (χ0n) is 11.6. The molecule has 1 N–H and O–H groups in total. The molecule has 2 heteroatoms. The molecule has 0 spiro atoms. The summed E-state index contributed by atoms with van der Waals surface area (Å²) in [5.74, 6) is 2.69. The first-order chi connectivity index (χ1) is 9.38. The van der Waals surface area contributed by atoms with Crippen molar-refractivity contribution in [3.8, 4) is 12.3 Å². The summed E-state index contributed by atoms with van der Waals surface area (Å²) in [6.45, 7) is 4.54. The van der Waals surface area contributed by atoms with E-state index < -0.39 is 0 Å². The molecule has 102 valence electrons. The summed E-state index contributed by atoms with van der Waals surface area (Å²) in [6, 6.07) is 11.4. The fourth-order valence-corrected chi connectivity index (χ4v) is 2.63. The highest BCUT2D eigenvalue weighted by Gasteiger charge is 2.18. The molecule has 0 bridgehead atoms. The monoisotopic (exact) mass is 256 g/mol. The van der Waals surface area contributed by atoms with Crippen LogP contribution in [0, 0.1) is 12.3 Å². The minimum atomic E-state index is 0.685. The average Bonchev–Trinajstić information content (AvgIpc) is 2.46. The summed E-state index contributed by atoms with van der Waals surface area (Å²) in [5, 5.41) is 3.62. The van der Waals surface area contributed by atoms with Crippen molar-refractivity contribution in [1.29, 1.82) is 0 Å². The molecule has 0 atom stereocenters. The molecule has 1 aromatic carbocycles. The quantitative estimate of drug-likeness (QED) is 0.622. The van der Waals surface area contributed by atoms with Crippen molar-refractivity contribution in [2.45, 2.75) is 38.3 Å². The van der Waals surface area contributed by atoms with Gasteiger partial charge in [0.05, 0.1) is 0 Å². The number of likely N-dealkylation sites (tertiary alicyclic amines) is 1. The zero-order chi connectivity index (χ0) is 13.3. The van der Waals surface area contributed by atoms with Crippen LogP contribution in [0.4, 0.5) is 0 Å². The maximum absolute atomic E-state index is 5.25. The molecular weight excluding hydrogens is 232 g/mol. The van der Waals surface area contributed by atoms with E-state index in [0.717, 1.165) is 25.9 Å². The van der Waals surface area contributed by atoms with Crippen molar-refractivity contribution < 1.29 is 0 Å². The molecule has 0 aromatic heterocycles. The summed E-state index contributed by atoms with van der Waals surface area (Å²) in [7, 11) is 0. The largest absolute Gasteiger partial charge is 0.314 e. The number of terminal acetylenes is 1. The third-order valence-corrected chi connectivity index (χ3v) is 3.77. The molecule has 1 aliphatic rings. The van der Waals surface area contributed by atoms with Gasteiger partial charge in [-0.15, -0.1) is 12.3 Å². The van der Waals surface area contributed by atoms with E-state index in [1.165, 1.54) is 31.5 Å². The van der Waals surface area contributed by atoms with E-state index in [2.05, 4.69) is 46.5 Å². The van der Waals surface area contributed by atoms with Gasteiger partial charge in [-0.3, -0.25) is 4.90 Å². The maximum Gasteiger partial charge on any atom is 0.0233 e. The first-order valence-corrected chi connectivity index (χ1v) is 7.31. The Bertz CT molecular complexity index is 385. The summed E-state index contributed by atoms with van der Waals surface area (Å²) in [4.78, 5) is 2.55. The number of rotatable bonds is 6. The summed E-state index contributed by atoms with van der Waals surface area (Å²) in [6.07, 6.45) is 9.75.